The molecule has 0 atom stereocenters. The normalized spacial score (nSPS) is 17.9. The number of rotatable bonds is 4. The van der Waals surface area contributed by atoms with Crippen molar-refractivity contribution in [2.45, 2.75) is 64.3 Å². The number of ether oxygens (including phenoxy) is 1. The molecule has 0 aromatic carbocycles. The zero-order valence-electron chi connectivity index (χ0n) is 20.1. The highest BCUT2D eigenvalue weighted by molar-refractivity contribution is 5.99. The molecule has 34 heavy (non-hydrogen) atoms. The molecule has 180 valence electrons. The highest BCUT2D eigenvalue weighted by Crippen LogP contribution is 2.39. The van der Waals surface area contributed by atoms with E-state index in [1.807, 2.05) is 4.68 Å². The van der Waals surface area contributed by atoms with Crippen LogP contribution in [0.15, 0.2) is 18.5 Å². The SMILES string of the molecule is CC(C)(C)c1nn(C2CCCCC2)c2nc(C(=O)O)cc(-c3cnc(N4CCOCC4)nc3)c12. The zero-order valence-corrected chi connectivity index (χ0v) is 20.1. The topological polar surface area (TPSA) is 106 Å². The van der Waals surface area contributed by atoms with Crippen LogP contribution in [-0.2, 0) is 10.2 Å². The predicted molar refractivity (Wildman–Crippen MR) is 129 cm³/mol. The Balaban J connectivity index is 1.68. The van der Waals surface area contributed by atoms with Crippen LogP contribution in [0, 0.1) is 0 Å². The van der Waals surface area contributed by atoms with Gasteiger partial charge in [-0.05, 0) is 18.9 Å². The summed E-state index contributed by atoms with van der Waals surface area (Å²) in [5.41, 5.74) is 2.86. The first-order valence-corrected chi connectivity index (χ1v) is 12.1. The summed E-state index contributed by atoms with van der Waals surface area (Å²) in [5, 5.41) is 15.8. The quantitative estimate of drug-likeness (QED) is 0.612. The monoisotopic (exact) mass is 464 g/mol. The lowest BCUT2D eigenvalue weighted by Crippen LogP contribution is -2.37. The minimum atomic E-state index is -1.05. The van der Waals surface area contributed by atoms with Gasteiger partial charge in [-0.1, -0.05) is 40.0 Å². The minimum Gasteiger partial charge on any atom is -0.477 e. The summed E-state index contributed by atoms with van der Waals surface area (Å²) in [6, 6.07) is 1.87. The van der Waals surface area contributed by atoms with Crippen LogP contribution in [0.2, 0.25) is 0 Å². The van der Waals surface area contributed by atoms with Crippen molar-refractivity contribution in [2.24, 2.45) is 0 Å². The summed E-state index contributed by atoms with van der Waals surface area (Å²) in [4.78, 5) is 28.0. The highest BCUT2D eigenvalue weighted by atomic mass is 16.5. The van der Waals surface area contributed by atoms with E-state index in [1.54, 1.807) is 18.5 Å². The van der Waals surface area contributed by atoms with Gasteiger partial charge in [-0.15, -0.1) is 0 Å². The average molecular weight is 465 g/mol. The maximum Gasteiger partial charge on any atom is 0.354 e. The van der Waals surface area contributed by atoms with Crippen molar-refractivity contribution in [3.05, 3.63) is 29.8 Å². The van der Waals surface area contributed by atoms with E-state index in [4.69, 9.17) is 9.84 Å². The lowest BCUT2D eigenvalue weighted by Gasteiger charge is -2.26. The van der Waals surface area contributed by atoms with E-state index in [1.165, 1.54) is 6.42 Å². The van der Waals surface area contributed by atoms with E-state index in [-0.39, 0.29) is 17.2 Å². The summed E-state index contributed by atoms with van der Waals surface area (Å²) < 4.78 is 7.42. The molecule has 0 spiro atoms. The molecule has 1 saturated heterocycles. The number of morpholine rings is 1. The molecule has 0 bridgehead atoms. The number of fused-ring (bicyclic) bond motifs is 1. The molecular formula is C25H32N6O3. The third kappa shape index (κ3) is 4.24. The molecule has 1 aliphatic carbocycles. The Hall–Kier alpha value is -3.07. The number of aromatic nitrogens is 5. The van der Waals surface area contributed by atoms with Gasteiger partial charge in [-0.2, -0.15) is 5.10 Å². The average Bonchev–Trinajstić information content (AvgIpc) is 3.25. The van der Waals surface area contributed by atoms with Gasteiger partial charge in [0.25, 0.3) is 0 Å². The highest BCUT2D eigenvalue weighted by Gasteiger charge is 2.30. The van der Waals surface area contributed by atoms with Gasteiger partial charge in [0, 0.05) is 42.0 Å². The van der Waals surface area contributed by atoms with E-state index >= 15 is 0 Å². The summed E-state index contributed by atoms with van der Waals surface area (Å²) in [6.45, 7) is 9.22. The number of carbonyl (C=O) groups is 1. The van der Waals surface area contributed by atoms with E-state index < -0.39 is 5.97 Å². The zero-order chi connectivity index (χ0) is 23.9. The standard InChI is InChI=1S/C25H32N6O3/c1-25(2,3)21-20-18(16-14-26-24(27-15-16)30-9-11-34-12-10-30)13-19(23(32)33)28-22(20)31(29-21)17-7-5-4-6-8-17/h13-15,17H,4-12H2,1-3H3,(H,32,33). The van der Waals surface area contributed by atoms with Crippen molar-refractivity contribution >= 4 is 23.0 Å². The van der Waals surface area contributed by atoms with Crippen LogP contribution in [-0.4, -0.2) is 62.1 Å². The van der Waals surface area contributed by atoms with Crippen molar-refractivity contribution in [3.8, 4) is 11.1 Å². The molecule has 5 rings (SSSR count). The second-order valence-corrected chi connectivity index (χ2v) is 10.3. The van der Waals surface area contributed by atoms with Crippen LogP contribution in [0.25, 0.3) is 22.2 Å². The fourth-order valence-electron chi connectivity index (χ4n) is 4.97. The number of hydrogen-bond donors (Lipinski definition) is 1. The van der Waals surface area contributed by atoms with Crippen LogP contribution in [0.5, 0.6) is 0 Å². The molecule has 9 nitrogen and oxygen atoms in total. The molecule has 0 unspecified atom stereocenters. The molecule has 2 fully saturated rings. The summed E-state index contributed by atoms with van der Waals surface area (Å²) in [5.74, 6) is -0.396. The Morgan fingerprint density at radius 2 is 1.76 bits per heavy atom. The number of aromatic carboxylic acids is 1. The first-order chi connectivity index (χ1) is 16.3. The molecule has 1 saturated carbocycles. The number of carboxylic acids is 1. The fourth-order valence-corrected chi connectivity index (χ4v) is 4.97. The Morgan fingerprint density at radius 1 is 1.09 bits per heavy atom. The lowest BCUT2D eigenvalue weighted by molar-refractivity contribution is 0.0691. The van der Waals surface area contributed by atoms with E-state index in [9.17, 15) is 9.90 Å². The van der Waals surface area contributed by atoms with Crippen LogP contribution < -0.4 is 4.90 Å². The van der Waals surface area contributed by atoms with Crippen LogP contribution in [0.3, 0.4) is 0 Å². The van der Waals surface area contributed by atoms with Crippen molar-refractivity contribution in [1.82, 2.24) is 24.7 Å². The third-order valence-electron chi connectivity index (χ3n) is 6.76. The second kappa shape index (κ2) is 8.94. The van der Waals surface area contributed by atoms with Gasteiger partial charge in [0.1, 0.15) is 0 Å². The predicted octanol–water partition coefficient (Wildman–Crippen LogP) is 4.23. The van der Waals surface area contributed by atoms with Crippen LogP contribution in [0.4, 0.5) is 5.95 Å². The van der Waals surface area contributed by atoms with E-state index in [0.29, 0.717) is 24.8 Å². The van der Waals surface area contributed by atoms with Gasteiger partial charge in [0.2, 0.25) is 5.95 Å². The first-order valence-electron chi connectivity index (χ1n) is 12.1. The third-order valence-corrected chi connectivity index (χ3v) is 6.76. The van der Waals surface area contributed by atoms with Crippen molar-refractivity contribution in [2.75, 3.05) is 31.2 Å². The number of anilines is 1. The summed E-state index contributed by atoms with van der Waals surface area (Å²) in [6.07, 6.45) is 9.16. The van der Waals surface area contributed by atoms with Gasteiger partial charge < -0.3 is 14.7 Å². The van der Waals surface area contributed by atoms with Crippen LogP contribution in [0.1, 0.15) is 75.1 Å². The molecule has 0 radical (unpaired) electrons. The van der Waals surface area contributed by atoms with Gasteiger partial charge in [0.15, 0.2) is 11.3 Å². The molecule has 3 aromatic rings. The van der Waals surface area contributed by atoms with Gasteiger partial charge >= 0.3 is 5.97 Å². The first kappa shape index (κ1) is 22.7. The van der Waals surface area contributed by atoms with E-state index in [2.05, 4.69) is 40.6 Å². The van der Waals surface area contributed by atoms with Gasteiger partial charge in [0.05, 0.1) is 30.3 Å². The summed E-state index contributed by atoms with van der Waals surface area (Å²) in [7, 11) is 0. The molecule has 4 heterocycles. The molecule has 2 aliphatic rings. The molecule has 0 amide bonds. The summed E-state index contributed by atoms with van der Waals surface area (Å²) >= 11 is 0. The second-order valence-electron chi connectivity index (χ2n) is 10.3. The Kier molecular flexibility index (Phi) is 5.97. The van der Waals surface area contributed by atoms with Crippen LogP contribution >= 0.6 is 0 Å². The number of pyridine rings is 1. The molecule has 3 aromatic heterocycles. The lowest BCUT2D eigenvalue weighted by atomic mass is 9.88. The minimum absolute atomic E-state index is 0.0113. The van der Waals surface area contributed by atoms with Gasteiger partial charge in [-0.25, -0.2) is 24.4 Å². The number of nitrogens with zero attached hydrogens (tertiary/aromatic N) is 6. The maximum absolute atomic E-state index is 12.0. The van der Waals surface area contributed by atoms with Gasteiger partial charge in [-0.3, -0.25) is 0 Å². The Bertz CT molecular complexity index is 1190. The number of hydrogen-bond acceptors (Lipinski definition) is 7. The van der Waals surface area contributed by atoms with Crippen molar-refractivity contribution < 1.29 is 14.6 Å². The molecule has 1 aliphatic heterocycles. The Labute approximate surface area is 199 Å². The fraction of sp³-hybridized carbons (Fsp3) is 0.560. The van der Waals surface area contributed by atoms with Crippen molar-refractivity contribution in [3.63, 3.8) is 0 Å². The van der Waals surface area contributed by atoms with Crippen molar-refractivity contribution in [1.29, 1.82) is 0 Å². The maximum atomic E-state index is 12.0. The molecular weight excluding hydrogens is 432 g/mol. The molecule has 1 N–H and O–H groups in total. The smallest absolute Gasteiger partial charge is 0.354 e. The number of carboxylic acid groups (broad SMARTS) is 1. The molecule has 9 heteroatoms. The Morgan fingerprint density at radius 3 is 2.38 bits per heavy atom. The largest absolute Gasteiger partial charge is 0.477 e. The van der Waals surface area contributed by atoms with E-state index in [0.717, 1.165) is 61.0 Å².